The van der Waals surface area contributed by atoms with Crippen molar-refractivity contribution in [3.05, 3.63) is 41.0 Å². The third-order valence-electron chi connectivity index (χ3n) is 2.24. The Balaban J connectivity index is 2.09. The molecule has 2 rings (SSSR count). The predicted octanol–water partition coefficient (Wildman–Crippen LogP) is 1.85. The second-order valence-electron chi connectivity index (χ2n) is 3.85. The molecule has 0 spiro atoms. The van der Waals surface area contributed by atoms with E-state index in [9.17, 15) is 4.39 Å². The largest absolute Gasteiger partial charge is 0.320 e. The van der Waals surface area contributed by atoms with Gasteiger partial charge in [-0.15, -0.1) is 5.10 Å². The Morgan fingerprint density at radius 3 is 2.95 bits per heavy atom. The van der Waals surface area contributed by atoms with E-state index in [-0.39, 0.29) is 12.4 Å². The molecule has 19 heavy (non-hydrogen) atoms. The first-order valence-electron chi connectivity index (χ1n) is 5.67. The molecule has 0 saturated carbocycles. The monoisotopic (exact) mass is 276 g/mol. The minimum atomic E-state index is -0.300. The van der Waals surface area contributed by atoms with Crippen molar-refractivity contribution in [1.29, 1.82) is 0 Å². The quantitative estimate of drug-likeness (QED) is 0.663. The van der Waals surface area contributed by atoms with Gasteiger partial charge in [0.05, 0.1) is 6.54 Å². The molecule has 0 saturated heterocycles. The average Bonchev–Trinajstić information content (AvgIpc) is 2.79. The first-order chi connectivity index (χ1) is 9.17. The van der Waals surface area contributed by atoms with Crippen LogP contribution >= 0.6 is 11.8 Å². The number of rotatable bonds is 3. The maximum absolute atomic E-state index is 13.4. The summed E-state index contributed by atoms with van der Waals surface area (Å²) in [5, 5.41) is 7.43. The Morgan fingerprint density at radius 1 is 1.42 bits per heavy atom. The van der Waals surface area contributed by atoms with Gasteiger partial charge in [-0.1, -0.05) is 23.6 Å². The highest BCUT2D eigenvalue weighted by Crippen LogP contribution is 2.20. The number of aromatic nitrogens is 3. The Morgan fingerprint density at radius 2 is 2.26 bits per heavy atom. The van der Waals surface area contributed by atoms with Crippen molar-refractivity contribution in [2.75, 3.05) is 6.54 Å². The molecule has 3 N–H and O–H groups in total. The molecule has 0 fully saturated rings. The van der Waals surface area contributed by atoms with Gasteiger partial charge in [0, 0.05) is 11.3 Å². The van der Waals surface area contributed by atoms with E-state index in [1.165, 1.54) is 23.9 Å². The molecule has 4 nitrogen and oxygen atoms in total. The van der Waals surface area contributed by atoms with E-state index in [0.29, 0.717) is 16.5 Å². The Bertz CT molecular complexity index is 627. The molecule has 0 amide bonds. The van der Waals surface area contributed by atoms with Crippen LogP contribution < -0.4 is 5.73 Å². The maximum Gasteiger partial charge on any atom is 0.208 e. The first-order valence-corrected chi connectivity index (χ1v) is 6.66. The SMILES string of the molecule is Cc1nc(SCc2cc(F)cc(C#CCN)c2)n[nH]1. The van der Waals surface area contributed by atoms with Crippen LogP contribution in [-0.2, 0) is 5.75 Å². The molecule has 98 valence electrons. The number of benzene rings is 1. The molecule has 1 heterocycles. The van der Waals surface area contributed by atoms with E-state index < -0.39 is 0 Å². The number of aryl methyl sites for hydroxylation is 1. The van der Waals surface area contributed by atoms with Crippen LogP contribution in [0, 0.1) is 24.6 Å². The van der Waals surface area contributed by atoms with Gasteiger partial charge in [0.25, 0.3) is 0 Å². The fourth-order valence-corrected chi connectivity index (χ4v) is 2.27. The zero-order valence-electron chi connectivity index (χ0n) is 10.4. The van der Waals surface area contributed by atoms with Crippen LogP contribution in [0.15, 0.2) is 23.4 Å². The highest BCUT2D eigenvalue weighted by atomic mass is 32.2. The molecule has 1 aromatic carbocycles. The molecule has 0 atom stereocenters. The Labute approximate surface area is 115 Å². The van der Waals surface area contributed by atoms with E-state index in [0.717, 1.165) is 11.4 Å². The smallest absolute Gasteiger partial charge is 0.208 e. The van der Waals surface area contributed by atoms with Crippen LogP contribution in [0.4, 0.5) is 4.39 Å². The number of aromatic amines is 1. The van der Waals surface area contributed by atoms with Crippen LogP contribution in [0.5, 0.6) is 0 Å². The third-order valence-corrected chi connectivity index (χ3v) is 3.16. The van der Waals surface area contributed by atoms with Crippen LogP contribution in [0.3, 0.4) is 0 Å². The van der Waals surface area contributed by atoms with E-state index in [1.54, 1.807) is 0 Å². The summed E-state index contributed by atoms with van der Waals surface area (Å²) in [7, 11) is 0. The zero-order chi connectivity index (χ0) is 13.7. The van der Waals surface area contributed by atoms with Crippen molar-refractivity contribution in [2.24, 2.45) is 5.73 Å². The molecule has 6 heteroatoms. The number of thioether (sulfide) groups is 1. The van der Waals surface area contributed by atoms with Crippen LogP contribution in [-0.4, -0.2) is 21.7 Å². The summed E-state index contributed by atoms with van der Waals surface area (Å²) in [5.41, 5.74) is 6.77. The lowest BCUT2D eigenvalue weighted by molar-refractivity contribution is 0.626. The molecule has 0 aliphatic rings. The fraction of sp³-hybridized carbons (Fsp3) is 0.231. The summed E-state index contributed by atoms with van der Waals surface area (Å²) in [5.74, 6) is 6.59. The van der Waals surface area contributed by atoms with Crippen molar-refractivity contribution < 1.29 is 4.39 Å². The van der Waals surface area contributed by atoms with Gasteiger partial charge in [-0.3, -0.25) is 5.10 Å². The average molecular weight is 276 g/mol. The van der Waals surface area contributed by atoms with Gasteiger partial charge < -0.3 is 5.73 Å². The Hall–Kier alpha value is -1.84. The van der Waals surface area contributed by atoms with E-state index in [4.69, 9.17) is 5.73 Å². The van der Waals surface area contributed by atoms with Gasteiger partial charge >= 0.3 is 0 Å². The zero-order valence-corrected chi connectivity index (χ0v) is 11.2. The van der Waals surface area contributed by atoms with Gasteiger partial charge in [0.2, 0.25) is 5.16 Å². The molecule has 2 aromatic rings. The number of halogens is 1. The second-order valence-corrected chi connectivity index (χ2v) is 4.79. The van der Waals surface area contributed by atoms with Crippen LogP contribution in [0.1, 0.15) is 17.0 Å². The summed E-state index contributed by atoms with van der Waals surface area (Å²) in [6, 6.07) is 4.73. The normalized spacial score (nSPS) is 10.1. The van der Waals surface area contributed by atoms with Gasteiger partial charge in [0.1, 0.15) is 11.6 Å². The number of H-pyrrole nitrogens is 1. The number of nitrogens with two attached hydrogens (primary N) is 1. The van der Waals surface area contributed by atoms with Crippen LogP contribution in [0.2, 0.25) is 0 Å². The lowest BCUT2D eigenvalue weighted by Crippen LogP contribution is -1.93. The predicted molar refractivity (Wildman–Crippen MR) is 73.0 cm³/mol. The summed E-state index contributed by atoms with van der Waals surface area (Å²) >= 11 is 1.44. The van der Waals surface area contributed by atoms with Crippen molar-refractivity contribution in [2.45, 2.75) is 17.8 Å². The van der Waals surface area contributed by atoms with E-state index in [2.05, 4.69) is 27.0 Å². The number of nitrogens with one attached hydrogen (secondary N) is 1. The van der Waals surface area contributed by atoms with Crippen molar-refractivity contribution in [1.82, 2.24) is 15.2 Å². The topological polar surface area (TPSA) is 67.6 Å². The van der Waals surface area contributed by atoms with E-state index in [1.807, 2.05) is 13.0 Å². The summed E-state index contributed by atoms with van der Waals surface area (Å²) in [4.78, 5) is 4.18. The highest BCUT2D eigenvalue weighted by Gasteiger charge is 2.04. The molecular formula is C13H13FN4S. The number of nitrogens with zero attached hydrogens (tertiary/aromatic N) is 2. The molecule has 0 bridgehead atoms. The lowest BCUT2D eigenvalue weighted by Gasteiger charge is -2.01. The van der Waals surface area contributed by atoms with Gasteiger partial charge in [-0.25, -0.2) is 9.37 Å². The van der Waals surface area contributed by atoms with Gasteiger partial charge in [0.15, 0.2) is 0 Å². The number of hydrogen-bond acceptors (Lipinski definition) is 4. The van der Waals surface area contributed by atoms with E-state index >= 15 is 0 Å². The molecule has 0 unspecified atom stereocenters. The lowest BCUT2D eigenvalue weighted by atomic mass is 10.1. The minimum Gasteiger partial charge on any atom is -0.320 e. The standard InChI is InChI=1S/C13H13FN4S/c1-9-16-13(18-17-9)19-8-11-5-10(3-2-4-15)6-12(14)7-11/h5-7H,4,8,15H2,1H3,(H,16,17,18). The third kappa shape index (κ3) is 4.09. The number of hydrogen-bond donors (Lipinski definition) is 2. The Kier molecular flexibility index (Phi) is 4.55. The van der Waals surface area contributed by atoms with Crippen molar-refractivity contribution in [3.63, 3.8) is 0 Å². The fourth-order valence-electron chi connectivity index (χ4n) is 1.49. The molecule has 1 aromatic heterocycles. The maximum atomic E-state index is 13.4. The molecule has 0 aliphatic carbocycles. The first kappa shape index (κ1) is 13.6. The second kappa shape index (κ2) is 6.36. The van der Waals surface area contributed by atoms with Crippen molar-refractivity contribution >= 4 is 11.8 Å². The summed E-state index contributed by atoms with van der Waals surface area (Å²) < 4.78 is 13.4. The van der Waals surface area contributed by atoms with Crippen LogP contribution in [0.25, 0.3) is 0 Å². The molecule has 0 aliphatic heterocycles. The molecular weight excluding hydrogens is 263 g/mol. The summed E-state index contributed by atoms with van der Waals surface area (Å²) in [6.07, 6.45) is 0. The minimum absolute atomic E-state index is 0.261. The van der Waals surface area contributed by atoms with Crippen molar-refractivity contribution in [3.8, 4) is 11.8 Å². The molecule has 0 radical (unpaired) electrons. The summed E-state index contributed by atoms with van der Waals surface area (Å²) in [6.45, 7) is 2.09. The van der Waals surface area contributed by atoms with Gasteiger partial charge in [-0.2, -0.15) is 0 Å². The van der Waals surface area contributed by atoms with Gasteiger partial charge in [-0.05, 0) is 30.7 Å². The highest BCUT2D eigenvalue weighted by molar-refractivity contribution is 7.98.